The minimum atomic E-state index is 0.108. The Morgan fingerprint density at radius 3 is 2.74 bits per heavy atom. The first-order chi connectivity index (χ1) is 9.25. The van der Waals surface area contributed by atoms with E-state index in [-0.39, 0.29) is 18.1 Å². The molecule has 0 unspecified atom stereocenters. The number of nitrogens with zero attached hydrogens (tertiary/aromatic N) is 1. The third-order valence-corrected chi connectivity index (χ3v) is 4.34. The number of halogens is 1. The molecule has 2 fully saturated rings. The molecule has 2 atom stereocenters. The van der Waals surface area contributed by atoms with Crippen molar-refractivity contribution in [1.82, 2.24) is 4.90 Å². The number of carbonyl (C=O) groups is 1. The lowest BCUT2D eigenvalue weighted by atomic mass is 9.89. The van der Waals surface area contributed by atoms with Gasteiger partial charge in [-0.2, -0.15) is 0 Å². The van der Waals surface area contributed by atoms with Crippen LogP contribution in [0, 0.1) is 0 Å². The molecule has 0 aromatic heterocycles. The van der Waals surface area contributed by atoms with Crippen LogP contribution in [0.4, 0.5) is 0 Å². The molecular formula is C15H18ClNO2. The monoisotopic (exact) mass is 279 g/mol. The smallest absolute Gasteiger partial charge is 0.254 e. The van der Waals surface area contributed by atoms with Crippen LogP contribution in [-0.4, -0.2) is 36.1 Å². The maximum absolute atomic E-state index is 12.6. The van der Waals surface area contributed by atoms with Gasteiger partial charge in [-0.15, -0.1) is 0 Å². The molecule has 1 heterocycles. The Kier molecular flexibility index (Phi) is 3.76. The molecule has 0 radical (unpaired) electrons. The lowest BCUT2D eigenvalue weighted by Gasteiger charge is -2.43. The Balaban J connectivity index is 1.79. The number of hydrogen-bond acceptors (Lipinski definition) is 2. The van der Waals surface area contributed by atoms with E-state index in [1.165, 1.54) is 12.8 Å². The number of fused-ring (bicyclic) bond motifs is 1. The largest absolute Gasteiger partial charge is 0.374 e. The van der Waals surface area contributed by atoms with Crippen LogP contribution in [0.5, 0.6) is 0 Å². The first kappa shape index (κ1) is 12.9. The molecule has 0 bridgehead atoms. The SMILES string of the molecule is O=C(c1ccc(Cl)cc1)N1CCO[C@H]2CCCC[C@@H]21. The Morgan fingerprint density at radius 2 is 1.95 bits per heavy atom. The zero-order valence-corrected chi connectivity index (χ0v) is 11.6. The summed E-state index contributed by atoms with van der Waals surface area (Å²) in [5.41, 5.74) is 0.718. The predicted octanol–water partition coefficient (Wildman–Crippen LogP) is 3.12. The Labute approximate surface area is 118 Å². The molecule has 102 valence electrons. The van der Waals surface area contributed by atoms with E-state index in [0.717, 1.165) is 18.4 Å². The molecule has 3 rings (SSSR count). The molecule has 0 N–H and O–H groups in total. The zero-order chi connectivity index (χ0) is 13.2. The van der Waals surface area contributed by atoms with Gasteiger partial charge in [0.2, 0.25) is 0 Å². The van der Waals surface area contributed by atoms with Crippen molar-refractivity contribution < 1.29 is 9.53 Å². The van der Waals surface area contributed by atoms with E-state index in [1.54, 1.807) is 24.3 Å². The van der Waals surface area contributed by atoms with Crippen molar-refractivity contribution in [3.8, 4) is 0 Å². The molecule has 1 aromatic carbocycles. The topological polar surface area (TPSA) is 29.5 Å². The van der Waals surface area contributed by atoms with Crippen molar-refractivity contribution in [2.75, 3.05) is 13.2 Å². The van der Waals surface area contributed by atoms with Crippen molar-refractivity contribution in [3.05, 3.63) is 34.9 Å². The molecule has 1 saturated carbocycles. The van der Waals surface area contributed by atoms with Gasteiger partial charge in [0, 0.05) is 17.1 Å². The van der Waals surface area contributed by atoms with Crippen molar-refractivity contribution in [2.45, 2.75) is 37.8 Å². The number of carbonyl (C=O) groups excluding carboxylic acids is 1. The zero-order valence-electron chi connectivity index (χ0n) is 10.8. The van der Waals surface area contributed by atoms with Gasteiger partial charge in [0.25, 0.3) is 5.91 Å². The first-order valence-electron chi connectivity index (χ1n) is 6.94. The van der Waals surface area contributed by atoms with Crippen molar-refractivity contribution >= 4 is 17.5 Å². The van der Waals surface area contributed by atoms with Gasteiger partial charge in [0.1, 0.15) is 0 Å². The van der Waals surface area contributed by atoms with Crippen LogP contribution in [0.25, 0.3) is 0 Å². The van der Waals surface area contributed by atoms with E-state index in [4.69, 9.17) is 16.3 Å². The Morgan fingerprint density at radius 1 is 1.21 bits per heavy atom. The van der Waals surface area contributed by atoms with Gasteiger partial charge >= 0.3 is 0 Å². The van der Waals surface area contributed by atoms with E-state index in [9.17, 15) is 4.79 Å². The Bertz CT molecular complexity index is 458. The fraction of sp³-hybridized carbons (Fsp3) is 0.533. The molecular weight excluding hydrogens is 262 g/mol. The summed E-state index contributed by atoms with van der Waals surface area (Å²) in [7, 11) is 0. The molecule has 3 nitrogen and oxygen atoms in total. The highest BCUT2D eigenvalue weighted by atomic mass is 35.5. The third-order valence-electron chi connectivity index (χ3n) is 4.08. The summed E-state index contributed by atoms with van der Waals surface area (Å²) in [6.45, 7) is 1.35. The van der Waals surface area contributed by atoms with Crippen molar-refractivity contribution in [3.63, 3.8) is 0 Å². The van der Waals surface area contributed by atoms with Crippen LogP contribution in [0.2, 0.25) is 5.02 Å². The molecule has 2 aliphatic rings. The van der Waals surface area contributed by atoms with Crippen LogP contribution in [0.15, 0.2) is 24.3 Å². The van der Waals surface area contributed by atoms with Crippen LogP contribution in [-0.2, 0) is 4.74 Å². The van der Waals surface area contributed by atoms with Crippen LogP contribution in [0.1, 0.15) is 36.0 Å². The summed E-state index contributed by atoms with van der Waals surface area (Å²) in [4.78, 5) is 14.6. The molecule has 1 aliphatic heterocycles. The molecule has 19 heavy (non-hydrogen) atoms. The summed E-state index contributed by atoms with van der Waals surface area (Å²) in [5.74, 6) is 0.108. The lowest BCUT2D eigenvalue weighted by Crippen LogP contribution is -2.54. The van der Waals surface area contributed by atoms with Gasteiger partial charge in [-0.25, -0.2) is 0 Å². The lowest BCUT2D eigenvalue weighted by molar-refractivity contribution is -0.0752. The maximum atomic E-state index is 12.6. The highest BCUT2D eigenvalue weighted by molar-refractivity contribution is 6.30. The Hall–Kier alpha value is -1.06. The number of hydrogen-bond donors (Lipinski definition) is 0. The summed E-state index contributed by atoms with van der Waals surface area (Å²) in [5, 5.41) is 0.661. The fourth-order valence-electron chi connectivity index (χ4n) is 3.11. The van der Waals surface area contributed by atoms with Gasteiger partial charge in [-0.1, -0.05) is 24.4 Å². The summed E-state index contributed by atoms with van der Waals surface area (Å²) in [6.07, 6.45) is 4.77. The summed E-state index contributed by atoms with van der Waals surface area (Å²) < 4.78 is 5.80. The quantitative estimate of drug-likeness (QED) is 0.790. The van der Waals surface area contributed by atoms with Gasteiger partial charge in [-0.05, 0) is 37.1 Å². The highest BCUT2D eigenvalue weighted by Crippen LogP contribution is 2.29. The van der Waals surface area contributed by atoms with E-state index < -0.39 is 0 Å². The molecule has 1 aliphatic carbocycles. The van der Waals surface area contributed by atoms with Crippen molar-refractivity contribution in [2.24, 2.45) is 0 Å². The predicted molar refractivity (Wildman–Crippen MR) is 74.5 cm³/mol. The number of benzene rings is 1. The second-order valence-corrected chi connectivity index (χ2v) is 5.70. The average Bonchev–Trinajstić information content (AvgIpc) is 2.47. The van der Waals surface area contributed by atoms with Gasteiger partial charge in [0.05, 0.1) is 18.8 Å². The molecule has 0 spiro atoms. The molecule has 1 aromatic rings. The van der Waals surface area contributed by atoms with Gasteiger partial charge in [-0.3, -0.25) is 4.79 Å². The maximum Gasteiger partial charge on any atom is 0.254 e. The number of ether oxygens (including phenoxy) is 1. The van der Waals surface area contributed by atoms with Crippen molar-refractivity contribution in [1.29, 1.82) is 0 Å². The third kappa shape index (κ3) is 2.63. The molecule has 4 heteroatoms. The van der Waals surface area contributed by atoms with E-state index in [1.807, 2.05) is 4.90 Å². The number of morpholine rings is 1. The average molecular weight is 280 g/mol. The fourth-order valence-corrected chi connectivity index (χ4v) is 3.23. The molecule has 1 amide bonds. The standard InChI is InChI=1S/C15H18ClNO2/c16-12-7-5-11(6-8-12)15(18)17-9-10-19-14-4-2-1-3-13(14)17/h5-8,13-14H,1-4,9-10H2/t13-,14-/m0/s1. The first-order valence-corrected chi connectivity index (χ1v) is 7.31. The van der Waals surface area contributed by atoms with E-state index >= 15 is 0 Å². The molecule has 1 saturated heterocycles. The van der Waals surface area contributed by atoms with Gasteiger partial charge < -0.3 is 9.64 Å². The minimum absolute atomic E-state index is 0.108. The van der Waals surface area contributed by atoms with E-state index in [2.05, 4.69) is 0 Å². The minimum Gasteiger partial charge on any atom is -0.374 e. The normalized spacial score (nSPS) is 26.9. The number of amides is 1. The second-order valence-electron chi connectivity index (χ2n) is 5.27. The number of rotatable bonds is 1. The summed E-state index contributed by atoms with van der Waals surface area (Å²) in [6, 6.07) is 7.41. The van der Waals surface area contributed by atoms with E-state index in [0.29, 0.717) is 18.2 Å². The van der Waals surface area contributed by atoms with Crippen LogP contribution >= 0.6 is 11.6 Å². The van der Waals surface area contributed by atoms with Gasteiger partial charge in [0.15, 0.2) is 0 Å². The summed E-state index contributed by atoms with van der Waals surface area (Å²) >= 11 is 5.87. The van der Waals surface area contributed by atoms with Crippen LogP contribution < -0.4 is 0 Å². The highest BCUT2D eigenvalue weighted by Gasteiger charge is 2.36. The second kappa shape index (κ2) is 5.51. The van der Waals surface area contributed by atoms with Crippen LogP contribution in [0.3, 0.4) is 0 Å².